The lowest BCUT2D eigenvalue weighted by Gasteiger charge is -2.43. The molecule has 0 aromatic heterocycles. The van der Waals surface area contributed by atoms with Crippen LogP contribution in [0.15, 0.2) is 54.6 Å². The quantitative estimate of drug-likeness (QED) is 0.765. The van der Waals surface area contributed by atoms with Gasteiger partial charge in [-0.05, 0) is 50.6 Å². The van der Waals surface area contributed by atoms with E-state index in [-0.39, 0.29) is 5.82 Å². The van der Waals surface area contributed by atoms with E-state index in [2.05, 4.69) is 36.0 Å². The van der Waals surface area contributed by atoms with Gasteiger partial charge < -0.3 is 9.80 Å². The van der Waals surface area contributed by atoms with Crippen LogP contribution in [-0.2, 0) is 6.42 Å². The van der Waals surface area contributed by atoms with E-state index in [9.17, 15) is 4.39 Å². The molecule has 0 radical (unpaired) electrons. The van der Waals surface area contributed by atoms with Crippen molar-refractivity contribution in [3.8, 4) is 0 Å². The average molecular weight is 357 g/mol. The van der Waals surface area contributed by atoms with Crippen LogP contribution in [0.3, 0.4) is 0 Å². The number of piperidine rings is 1. The first-order valence-corrected chi connectivity index (χ1v) is 9.20. The van der Waals surface area contributed by atoms with Crippen molar-refractivity contribution in [2.75, 3.05) is 27.2 Å². The lowest BCUT2D eigenvalue weighted by atomic mass is 9.86. The fraction of sp³-hybridized carbons (Fsp3) is 0.381. The summed E-state index contributed by atoms with van der Waals surface area (Å²) in [5, 5.41) is 0. The molecule has 0 amide bonds. The third kappa shape index (κ3) is 4.44. The zero-order chi connectivity index (χ0) is 17.8. The van der Waals surface area contributed by atoms with Crippen LogP contribution in [0.5, 0.6) is 0 Å². The molecule has 3 rings (SSSR count). The predicted molar refractivity (Wildman–Crippen MR) is 105 cm³/mol. The molecule has 0 saturated carbocycles. The molecule has 0 N–H and O–H groups in total. The van der Waals surface area contributed by atoms with Gasteiger partial charge in [-0.3, -0.25) is 0 Å². The fourth-order valence-electron chi connectivity index (χ4n) is 3.81. The molecule has 2 nitrogen and oxygen atoms in total. The SMILES string of the molecule is CN(C)[C@H]1CCN(C(=S)c2ccccc2)C[C@H]1Cc1cccc(F)c1. The Morgan fingerprint density at radius 2 is 1.92 bits per heavy atom. The maximum absolute atomic E-state index is 13.6. The maximum atomic E-state index is 13.6. The monoisotopic (exact) mass is 356 g/mol. The van der Waals surface area contributed by atoms with Gasteiger partial charge in [0, 0.05) is 24.7 Å². The summed E-state index contributed by atoms with van der Waals surface area (Å²) in [4.78, 5) is 5.53. The molecule has 1 heterocycles. The van der Waals surface area contributed by atoms with Crippen LogP contribution < -0.4 is 0 Å². The van der Waals surface area contributed by atoms with Gasteiger partial charge in [-0.2, -0.15) is 0 Å². The predicted octanol–water partition coefficient (Wildman–Crippen LogP) is 4.00. The molecule has 1 aliphatic rings. The van der Waals surface area contributed by atoms with E-state index in [0.29, 0.717) is 12.0 Å². The van der Waals surface area contributed by atoms with E-state index in [0.717, 1.165) is 42.0 Å². The minimum Gasteiger partial charge on any atom is -0.362 e. The van der Waals surface area contributed by atoms with Crippen molar-refractivity contribution < 1.29 is 4.39 Å². The van der Waals surface area contributed by atoms with Crippen molar-refractivity contribution in [1.82, 2.24) is 9.80 Å². The molecular formula is C21H25FN2S. The van der Waals surface area contributed by atoms with E-state index < -0.39 is 0 Å². The number of rotatable bonds is 4. The Balaban J connectivity index is 1.76. The summed E-state index contributed by atoms with van der Waals surface area (Å²) in [6, 6.07) is 17.7. The van der Waals surface area contributed by atoms with Crippen LogP contribution in [0.2, 0.25) is 0 Å². The number of thiocarbonyl (C=S) groups is 1. The third-order valence-electron chi connectivity index (χ3n) is 5.05. The Morgan fingerprint density at radius 1 is 1.16 bits per heavy atom. The van der Waals surface area contributed by atoms with E-state index in [1.807, 2.05) is 24.3 Å². The van der Waals surface area contributed by atoms with Crippen molar-refractivity contribution in [3.63, 3.8) is 0 Å². The summed E-state index contributed by atoms with van der Waals surface area (Å²) in [7, 11) is 4.27. The molecule has 1 saturated heterocycles. The zero-order valence-electron chi connectivity index (χ0n) is 14.9. The molecule has 0 spiro atoms. The second kappa shape index (κ2) is 8.07. The maximum Gasteiger partial charge on any atom is 0.123 e. The first kappa shape index (κ1) is 18.0. The van der Waals surface area contributed by atoms with Crippen molar-refractivity contribution in [2.45, 2.75) is 18.9 Å². The van der Waals surface area contributed by atoms with Gasteiger partial charge in [0.1, 0.15) is 10.8 Å². The van der Waals surface area contributed by atoms with Gasteiger partial charge in [-0.25, -0.2) is 4.39 Å². The Bertz CT molecular complexity index is 717. The van der Waals surface area contributed by atoms with Gasteiger partial charge in [0.2, 0.25) is 0 Å². The van der Waals surface area contributed by atoms with Gasteiger partial charge in [0.15, 0.2) is 0 Å². The standard InChI is InChI=1S/C21H25FN2S/c1-23(2)20-11-12-24(21(25)17-8-4-3-5-9-17)15-18(20)13-16-7-6-10-19(22)14-16/h3-10,14,18,20H,11-13,15H2,1-2H3/t18-,20+/m1/s1. The Hall–Kier alpha value is -1.78. The first-order valence-electron chi connectivity index (χ1n) is 8.80. The van der Waals surface area contributed by atoms with Gasteiger partial charge in [-0.1, -0.05) is 54.7 Å². The van der Waals surface area contributed by atoms with Crippen LogP contribution in [0.25, 0.3) is 0 Å². The number of hydrogen-bond donors (Lipinski definition) is 0. The Kier molecular flexibility index (Phi) is 5.82. The largest absolute Gasteiger partial charge is 0.362 e. The zero-order valence-corrected chi connectivity index (χ0v) is 15.7. The Labute approximate surface area is 155 Å². The highest BCUT2D eigenvalue weighted by Crippen LogP contribution is 2.26. The number of hydrogen-bond acceptors (Lipinski definition) is 2. The summed E-state index contributed by atoms with van der Waals surface area (Å²) in [5.74, 6) is 0.263. The molecule has 0 aliphatic carbocycles. The summed E-state index contributed by atoms with van der Waals surface area (Å²) >= 11 is 5.74. The van der Waals surface area contributed by atoms with Crippen molar-refractivity contribution in [1.29, 1.82) is 0 Å². The summed E-state index contributed by atoms with van der Waals surface area (Å²) in [6.45, 7) is 1.88. The molecule has 0 bridgehead atoms. The molecule has 2 aromatic carbocycles. The highest BCUT2D eigenvalue weighted by Gasteiger charge is 2.31. The molecular weight excluding hydrogens is 331 g/mol. The van der Waals surface area contributed by atoms with Gasteiger partial charge in [-0.15, -0.1) is 0 Å². The molecule has 2 atom stereocenters. The topological polar surface area (TPSA) is 6.48 Å². The molecule has 1 fully saturated rings. The first-order chi connectivity index (χ1) is 12.0. The molecule has 132 valence electrons. The second-order valence-electron chi connectivity index (χ2n) is 7.03. The minimum absolute atomic E-state index is 0.161. The summed E-state index contributed by atoms with van der Waals surface area (Å²) in [5.41, 5.74) is 2.16. The Morgan fingerprint density at radius 3 is 2.60 bits per heavy atom. The number of halogens is 1. The lowest BCUT2D eigenvalue weighted by molar-refractivity contribution is 0.123. The van der Waals surface area contributed by atoms with Crippen LogP contribution in [0.4, 0.5) is 4.39 Å². The third-order valence-corrected chi connectivity index (χ3v) is 5.55. The van der Waals surface area contributed by atoms with Crippen LogP contribution in [0, 0.1) is 11.7 Å². The molecule has 1 aliphatic heterocycles. The number of likely N-dealkylation sites (tertiary alicyclic amines) is 1. The molecule has 25 heavy (non-hydrogen) atoms. The summed E-state index contributed by atoms with van der Waals surface area (Å²) < 4.78 is 13.6. The van der Waals surface area contributed by atoms with E-state index in [1.54, 1.807) is 12.1 Å². The normalized spacial score (nSPS) is 20.7. The van der Waals surface area contributed by atoms with E-state index in [4.69, 9.17) is 12.2 Å². The van der Waals surface area contributed by atoms with Gasteiger partial charge in [0.25, 0.3) is 0 Å². The number of benzene rings is 2. The highest BCUT2D eigenvalue weighted by atomic mass is 32.1. The second-order valence-corrected chi connectivity index (χ2v) is 7.42. The van der Waals surface area contributed by atoms with Crippen LogP contribution >= 0.6 is 12.2 Å². The molecule has 0 unspecified atom stereocenters. The summed E-state index contributed by atoms with van der Waals surface area (Å²) in [6.07, 6.45) is 1.94. The molecule has 2 aromatic rings. The smallest absolute Gasteiger partial charge is 0.123 e. The van der Waals surface area contributed by atoms with E-state index >= 15 is 0 Å². The molecule has 4 heteroatoms. The van der Waals surface area contributed by atoms with Crippen LogP contribution in [0.1, 0.15) is 17.5 Å². The van der Waals surface area contributed by atoms with Crippen molar-refractivity contribution >= 4 is 17.2 Å². The highest BCUT2D eigenvalue weighted by molar-refractivity contribution is 7.80. The fourth-order valence-corrected chi connectivity index (χ4v) is 4.12. The van der Waals surface area contributed by atoms with Gasteiger partial charge in [0.05, 0.1) is 0 Å². The average Bonchev–Trinajstić information content (AvgIpc) is 2.61. The van der Waals surface area contributed by atoms with E-state index in [1.165, 1.54) is 6.07 Å². The lowest BCUT2D eigenvalue weighted by Crippen LogP contribution is -2.51. The van der Waals surface area contributed by atoms with Crippen molar-refractivity contribution in [2.24, 2.45) is 5.92 Å². The number of nitrogens with zero attached hydrogens (tertiary/aromatic N) is 2. The van der Waals surface area contributed by atoms with Gasteiger partial charge >= 0.3 is 0 Å². The van der Waals surface area contributed by atoms with Crippen molar-refractivity contribution in [3.05, 3.63) is 71.5 Å². The van der Waals surface area contributed by atoms with Crippen LogP contribution in [-0.4, -0.2) is 48.0 Å². The minimum atomic E-state index is -0.161.